The van der Waals surface area contributed by atoms with Gasteiger partial charge in [-0.1, -0.05) is 83.9 Å². The van der Waals surface area contributed by atoms with Crippen LogP contribution in [0.25, 0.3) is 6.08 Å². The van der Waals surface area contributed by atoms with Crippen LogP contribution < -0.4 is 10.2 Å². The van der Waals surface area contributed by atoms with Crippen molar-refractivity contribution < 1.29 is 33.4 Å². The fourth-order valence-corrected chi connectivity index (χ4v) is 9.02. The number of benzene rings is 4. The van der Waals surface area contributed by atoms with E-state index in [2.05, 4.69) is 5.43 Å². The van der Waals surface area contributed by atoms with Crippen molar-refractivity contribution in [3.8, 4) is 11.5 Å². The third kappa shape index (κ3) is 5.60. The highest BCUT2D eigenvalue weighted by Crippen LogP contribution is 2.61. The lowest BCUT2D eigenvalue weighted by Crippen LogP contribution is -2.54. The molecular weight excluding hydrogens is 697 g/mol. The molecule has 1 saturated carbocycles. The van der Waals surface area contributed by atoms with Crippen LogP contribution in [0.5, 0.6) is 11.5 Å². The molecule has 268 valence electrons. The summed E-state index contributed by atoms with van der Waals surface area (Å²) in [6.45, 7) is 0.143. The molecule has 2 heterocycles. The number of imide groups is 2. The van der Waals surface area contributed by atoms with Gasteiger partial charge in [0.25, 0.3) is 11.8 Å². The molecule has 2 aliphatic heterocycles. The Kier molecular flexibility index (Phi) is 8.65. The van der Waals surface area contributed by atoms with E-state index in [0.717, 1.165) is 16.1 Å². The smallest absolute Gasteiger partial charge is 0.260 e. The monoisotopic (exact) mass is 731 g/mol. The van der Waals surface area contributed by atoms with E-state index < -0.39 is 52.6 Å². The summed E-state index contributed by atoms with van der Waals surface area (Å²) in [4.78, 5) is 59.5. The van der Waals surface area contributed by atoms with Crippen molar-refractivity contribution in [3.05, 3.63) is 142 Å². The number of likely N-dealkylation sites (tertiary alicyclic amines) is 1. The lowest BCUT2D eigenvalue weighted by atomic mass is 9.50. The van der Waals surface area contributed by atoms with E-state index >= 15 is 4.79 Å². The van der Waals surface area contributed by atoms with Crippen LogP contribution in [-0.2, 0) is 31.1 Å². The van der Waals surface area contributed by atoms with Crippen LogP contribution in [-0.4, -0.2) is 45.8 Å². The lowest BCUT2D eigenvalue weighted by Gasteiger charge is -2.49. The average molecular weight is 732 g/mol. The largest absolute Gasteiger partial charge is 0.504 e. The Bertz CT molecular complexity index is 2190. The number of aromatic hydroxyl groups is 1. The van der Waals surface area contributed by atoms with E-state index in [-0.39, 0.29) is 36.3 Å². The molecule has 4 aliphatic rings. The summed E-state index contributed by atoms with van der Waals surface area (Å²) >= 11 is 6.36. The molecule has 4 amide bonds. The highest BCUT2D eigenvalue weighted by molar-refractivity contribution is 6.30. The quantitative estimate of drug-likeness (QED) is 0.149. The third-order valence-electron chi connectivity index (χ3n) is 11.3. The molecule has 53 heavy (non-hydrogen) atoms. The zero-order valence-electron chi connectivity index (χ0n) is 28.6. The van der Waals surface area contributed by atoms with E-state index in [0.29, 0.717) is 28.3 Å². The van der Waals surface area contributed by atoms with Crippen LogP contribution in [0.15, 0.2) is 115 Å². The number of rotatable bonds is 8. The SMILES string of the molecule is COc1cc(C=C[C@H]2C3=CC[C@@H]4C(=O)N(Cc5ccccc5)C(=O)[C@@H]4[C@@H]3C[C@H]3C(=O)N(Nc4ccc(F)cc4)C(=O)[C@@]23c2ccc(Cl)cc2)ccc1O. The summed E-state index contributed by atoms with van der Waals surface area (Å²) in [5.74, 6) is -5.36. The maximum Gasteiger partial charge on any atom is 0.260 e. The topological polar surface area (TPSA) is 116 Å². The number of phenols is 1. The molecule has 0 radical (unpaired) electrons. The number of phenolic OH excluding ortho intramolecular Hbond substituents is 1. The van der Waals surface area contributed by atoms with Crippen LogP contribution in [0.2, 0.25) is 5.02 Å². The van der Waals surface area contributed by atoms with Gasteiger partial charge in [-0.15, -0.1) is 0 Å². The fourth-order valence-electron chi connectivity index (χ4n) is 8.89. The van der Waals surface area contributed by atoms with Gasteiger partial charge in [-0.3, -0.25) is 29.5 Å². The van der Waals surface area contributed by atoms with Crippen molar-refractivity contribution in [1.82, 2.24) is 9.91 Å². The van der Waals surface area contributed by atoms with Gasteiger partial charge in [-0.2, -0.15) is 5.01 Å². The Morgan fingerprint density at radius 2 is 1.66 bits per heavy atom. The molecule has 6 atom stereocenters. The van der Waals surface area contributed by atoms with Gasteiger partial charge in [0.2, 0.25) is 11.8 Å². The lowest BCUT2D eigenvalue weighted by molar-refractivity contribution is -0.142. The van der Waals surface area contributed by atoms with Crippen molar-refractivity contribution >= 4 is 47.0 Å². The number of fused-ring (bicyclic) bond motifs is 4. The van der Waals surface area contributed by atoms with Crippen molar-refractivity contribution in [3.63, 3.8) is 0 Å². The standard InChI is InChI=1S/C42H35ClFN3O6/c1-53-36-21-24(8-20-35(36)48)7-19-33-30-17-18-31-37(40(51)46(38(31)49)23-25-5-3-2-4-6-25)32(30)22-34-39(50)47(45-29-15-13-28(44)14-16-29)41(52)42(33,34)26-9-11-27(43)12-10-26/h2-17,19-21,31-34,37,45,48H,18,22-23H2,1H3/t31-,32+,33-,34-,37-,42-/m0/s1. The minimum absolute atomic E-state index is 0.0374. The number of nitrogens with zero attached hydrogens (tertiary/aromatic N) is 2. The molecule has 2 N–H and O–H groups in total. The number of ether oxygens (including phenoxy) is 1. The Morgan fingerprint density at radius 3 is 2.38 bits per heavy atom. The molecule has 0 aromatic heterocycles. The number of methoxy groups -OCH3 is 1. The number of carbonyl (C=O) groups is 4. The maximum atomic E-state index is 15.2. The molecule has 4 aromatic carbocycles. The Hall–Kier alpha value is -5.74. The predicted octanol–water partition coefficient (Wildman–Crippen LogP) is 6.92. The minimum Gasteiger partial charge on any atom is -0.504 e. The molecule has 11 heteroatoms. The number of halogens is 2. The number of allylic oxidation sites excluding steroid dienone is 3. The number of anilines is 1. The maximum absolute atomic E-state index is 15.2. The van der Waals surface area contributed by atoms with Crippen molar-refractivity contribution in [2.24, 2.45) is 29.6 Å². The highest BCUT2D eigenvalue weighted by atomic mass is 35.5. The fraction of sp³-hybridized carbons (Fsp3) is 0.238. The Balaban J connectivity index is 1.28. The number of hydrazine groups is 1. The first-order valence-corrected chi connectivity index (χ1v) is 17.8. The van der Waals surface area contributed by atoms with Crippen LogP contribution in [0, 0.1) is 35.4 Å². The normalized spacial score (nSPS) is 26.4. The Labute approximate surface area is 310 Å². The molecule has 4 aromatic rings. The van der Waals surface area contributed by atoms with Gasteiger partial charge in [0, 0.05) is 10.9 Å². The molecule has 9 nitrogen and oxygen atoms in total. The minimum atomic E-state index is -1.49. The number of amides is 4. The third-order valence-corrected chi connectivity index (χ3v) is 11.5. The van der Waals surface area contributed by atoms with Gasteiger partial charge in [-0.05, 0) is 84.0 Å². The molecule has 3 fully saturated rings. The molecule has 0 spiro atoms. The van der Waals surface area contributed by atoms with Crippen LogP contribution >= 0.6 is 11.6 Å². The summed E-state index contributed by atoms with van der Waals surface area (Å²) in [6.07, 6.45) is 6.11. The summed E-state index contributed by atoms with van der Waals surface area (Å²) < 4.78 is 19.2. The van der Waals surface area contributed by atoms with E-state index in [1.165, 1.54) is 42.3 Å². The average Bonchev–Trinajstić information content (AvgIpc) is 3.53. The van der Waals surface area contributed by atoms with E-state index in [1.54, 1.807) is 36.4 Å². The second-order valence-corrected chi connectivity index (χ2v) is 14.4. The molecule has 8 rings (SSSR count). The second kappa shape index (κ2) is 13.3. The highest BCUT2D eigenvalue weighted by Gasteiger charge is 2.69. The van der Waals surface area contributed by atoms with E-state index in [4.69, 9.17) is 16.3 Å². The van der Waals surface area contributed by atoms with Crippen molar-refractivity contribution in [2.75, 3.05) is 12.5 Å². The van der Waals surface area contributed by atoms with Gasteiger partial charge in [-0.25, -0.2) is 4.39 Å². The van der Waals surface area contributed by atoms with E-state index in [9.17, 15) is 23.9 Å². The first kappa shape index (κ1) is 34.4. The first-order valence-electron chi connectivity index (χ1n) is 17.4. The van der Waals surface area contributed by atoms with Gasteiger partial charge < -0.3 is 9.84 Å². The zero-order chi connectivity index (χ0) is 37.0. The van der Waals surface area contributed by atoms with Crippen molar-refractivity contribution in [2.45, 2.75) is 24.8 Å². The summed E-state index contributed by atoms with van der Waals surface area (Å²) in [7, 11) is 1.45. The van der Waals surface area contributed by atoms with Crippen molar-refractivity contribution in [1.29, 1.82) is 0 Å². The summed E-state index contributed by atoms with van der Waals surface area (Å²) in [5, 5.41) is 11.7. The first-order chi connectivity index (χ1) is 25.6. The zero-order valence-corrected chi connectivity index (χ0v) is 29.4. The number of hydrogen-bond donors (Lipinski definition) is 2. The van der Waals surface area contributed by atoms with Gasteiger partial charge in [0.1, 0.15) is 5.82 Å². The summed E-state index contributed by atoms with van der Waals surface area (Å²) in [6, 6.07) is 26.4. The van der Waals surface area contributed by atoms with Gasteiger partial charge >= 0.3 is 0 Å². The summed E-state index contributed by atoms with van der Waals surface area (Å²) in [5.41, 5.74) is 4.65. The van der Waals surface area contributed by atoms with E-state index in [1.807, 2.05) is 48.6 Å². The molecule has 2 saturated heterocycles. The Morgan fingerprint density at radius 1 is 0.925 bits per heavy atom. The van der Waals surface area contributed by atoms with Gasteiger partial charge in [0.15, 0.2) is 11.5 Å². The van der Waals surface area contributed by atoms with Gasteiger partial charge in [0.05, 0.1) is 42.5 Å². The van der Waals surface area contributed by atoms with Crippen LogP contribution in [0.4, 0.5) is 10.1 Å². The van der Waals surface area contributed by atoms with Crippen LogP contribution in [0.1, 0.15) is 29.5 Å². The number of nitrogens with one attached hydrogen (secondary N) is 1. The molecule has 0 bridgehead atoms. The number of carbonyl (C=O) groups excluding carboxylic acids is 4. The molecule has 0 unspecified atom stereocenters. The van der Waals surface area contributed by atoms with Crippen LogP contribution in [0.3, 0.4) is 0 Å². The molecule has 2 aliphatic carbocycles. The predicted molar refractivity (Wildman–Crippen MR) is 195 cm³/mol. The molecular formula is C42H35ClFN3O6. The number of hydrogen-bond acceptors (Lipinski definition) is 7. The second-order valence-electron chi connectivity index (χ2n) is 14.0.